The molecule has 0 saturated heterocycles. The highest BCUT2D eigenvalue weighted by Crippen LogP contribution is 2.25. The SMILES string of the molecule is Cc1cc(C)c(S(=O)(=O)Nc2ccccc2CCc2nc3ccccc3n2C)cc1C. The van der Waals surface area contributed by atoms with E-state index in [0.29, 0.717) is 23.4 Å². The lowest BCUT2D eigenvalue weighted by molar-refractivity contribution is 0.600. The van der Waals surface area contributed by atoms with Gasteiger partial charge >= 0.3 is 0 Å². The van der Waals surface area contributed by atoms with Gasteiger partial charge in [-0.15, -0.1) is 0 Å². The second kappa shape index (κ2) is 8.19. The molecule has 31 heavy (non-hydrogen) atoms. The van der Waals surface area contributed by atoms with Crippen LogP contribution in [0.3, 0.4) is 0 Å². The molecule has 1 heterocycles. The number of benzene rings is 3. The van der Waals surface area contributed by atoms with E-state index in [9.17, 15) is 8.42 Å². The van der Waals surface area contributed by atoms with Gasteiger partial charge in [0.1, 0.15) is 5.82 Å². The minimum Gasteiger partial charge on any atom is -0.331 e. The fraction of sp³-hybridized carbons (Fsp3) is 0.240. The van der Waals surface area contributed by atoms with Crippen molar-refractivity contribution in [3.63, 3.8) is 0 Å². The maximum Gasteiger partial charge on any atom is 0.262 e. The third-order valence-corrected chi connectivity index (χ3v) is 7.35. The molecular weight excluding hydrogens is 406 g/mol. The monoisotopic (exact) mass is 433 g/mol. The first-order chi connectivity index (χ1) is 14.8. The number of hydrogen-bond acceptors (Lipinski definition) is 3. The van der Waals surface area contributed by atoms with E-state index in [1.54, 1.807) is 6.07 Å². The highest BCUT2D eigenvalue weighted by Gasteiger charge is 2.19. The maximum atomic E-state index is 13.2. The molecule has 5 nitrogen and oxygen atoms in total. The zero-order valence-electron chi connectivity index (χ0n) is 18.3. The van der Waals surface area contributed by atoms with Gasteiger partial charge in [0, 0.05) is 13.5 Å². The summed E-state index contributed by atoms with van der Waals surface area (Å²) in [4.78, 5) is 5.05. The van der Waals surface area contributed by atoms with Crippen LogP contribution in [0.2, 0.25) is 0 Å². The number of rotatable bonds is 6. The molecule has 3 aromatic carbocycles. The highest BCUT2D eigenvalue weighted by molar-refractivity contribution is 7.92. The summed E-state index contributed by atoms with van der Waals surface area (Å²) in [5, 5.41) is 0. The molecule has 0 amide bonds. The van der Waals surface area contributed by atoms with Crippen LogP contribution in [0.4, 0.5) is 5.69 Å². The lowest BCUT2D eigenvalue weighted by atomic mass is 10.1. The standard InChI is InChI=1S/C25H27N3O2S/c1-17-15-19(3)24(16-18(17)2)31(29,30)27-21-10-6-5-9-20(21)13-14-25-26-22-11-7-8-12-23(22)28(25)4/h5-12,15-16,27H,13-14H2,1-4H3. The number of imidazole rings is 1. The van der Waals surface area contributed by atoms with E-state index >= 15 is 0 Å². The summed E-state index contributed by atoms with van der Waals surface area (Å²) in [6, 6.07) is 19.3. The second-order valence-electron chi connectivity index (χ2n) is 8.04. The Hall–Kier alpha value is -3.12. The van der Waals surface area contributed by atoms with Crippen LogP contribution in [0.25, 0.3) is 11.0 Å². The van der Waals surface area contributed by atoms with Gasteiger partial charge in [0.2, 0.25) is 0 Å². The quantitative estimate of drug-likeness (QED) is 0.461. The number of sulfonamides is 1. The van der Waals surface area contributed by atoms with Gasteiger partial charge in [0.05, 0.1) is 21.6 Å². The van der Waals surface area contributed by atoms with Crippen molar-refractivity contribution in [1.82, 2.24) is 9.55 Å². The largest absolute Gasteiger partial charge is 0.331 e. The number of para-hydroxylation sites is 3. The van der Waals surface area contributed by atoms with Gasteiger partial charge < -0.3 is 4.57 Å². The maximum absolute atomic E-state index is 13.2. The van der Waals surface area contributed by atoms with E-state index in [1.807, 2.05) is 76.3 Å². The van der Waals surface area contributed by atoms with Crippen molar-refractivity contribution in [2.75, 3.05) is 4.72 Å². The van der Waals surface area contributed by atoms with E-state index < -0.39 is 10.0 Å². The first-order valence-corrected chi connectivity index (χ1v) is 11.8. The number of anilines is 1. The Bertz CT molecular complexity index is 1370. The molecular formula is C25H27N3O2S. The number of aryl methyl sites for hydroxylation is 6. The summed E-state index contributed by atoms with van der Waals surface area (Å²) in [6.07, 6.45) is 1.40. The van der Waals surface area contributed by atoms with Crippen LogP contribution in [0.5, 0.6) is 0 Å². The molecule has 0 saturated carbocycles. The minimum atomic E-state index is -3.69. The molecule has 0 radical (unpaired) electrons. The van der Waals surface area contributed by atoms with E-state index in [1.165, 1.54) is 0 Å². The number of nitrogens with zero attached hydrogens (tertiary/aromatic N) is 2. The summed E-state index contributed by atoms with van der Waals surface area (Å²) >= 11 is 0. The Morgan fingerprint density at radius 1 is 0.871 bits per heavy atom. The fourth-order valence-electron chi connectivity index (χ4n) is 3.93. The van der Waals surface area contributed by atoms with Gasteiger partial charge in [-0.05, 0) is 73.7 Å². The molecule has 1 N–H and O–H groups in total. The predicted molar refractivity (Wildman–Crippen MR) is 126 cm³/mol. The Morgan fingerprint density at radius 3 is 2.32 bits per heavy atom. The van der Waals surface area contributed by atoms with Crippen molar-refractivity contribution < 1.29 is 8.42 Å². The lowest BCUT2D eigenvalue weighted by Gasteiger charge is -2.15. The van der Waals surface area contributed by atoms with Gasteiger partial charge in [-0.1, -0.05) is 36.4 Å². The molecule has 160 valence electrons. The van der Waals surface area contributed by atoms with Crippen LogP contribution >= 0.6 is 0 Å². The first-order valence-electron chi connectivity index (χ1n) is 10.3. The molecule has 0 spiro atoms. The van der Waals surface area contributed by atoms with Crippen molar-refractivity contribution in [1.29, 1.82) is 0 Å². The molecule has 6 heteroatoms. The zero-order valence-corrected chi connectivity index (χ0v) is 19.1. The number of nitrogens with one attached hydrogen (secondary N) is 1. The summed E-state index contributed by atoms with van der Waals surface area (Å²) in [6.45, 7) is 5.75. The lowest BCUT2D eigenvalue weighted by Crippen LogP contribution is -2.16. The van der Waals surface area contributed by atoms with Gasteiger partial charge in [0.25, 0.3) is 10.0 Å². The van der Waals surface area contributed by atoms with Crippen molar-refractivity contribution in [2.24, 2.45) is 7.05 Å². The van der Waals surface area contributed by atoms with Crippen LogP contribution in [0, 0.1) is 20.8 Å². The van der Waals surface area contributed by atoms with Crippen LogP contribution in [-0.2, 0) is 29.9 Å². The molecule has 4 rings (SSSR count). The number of aromatic nitrogens is 2. The normalized spacial score (nSPS) is 11.7. The van der Waals surface area contributed by atoms with Crippen molar-refractivity contribution in [3.8, 4) is 0 Å². The Morgan fingerprint density at radius 2 is 1.55 bits per heavy atom. The molecule has 0 aliphatic heterocycles. The van der Waals surface area contributed by atoms with Gasteiger partial charge in [-0.3, -0.25) is 4.72 Å². The zero-order chi connectivity index (χ0) is 22.2. The van der Waals surface area contributed by atoms with Gasteiger partial charge in [-0.25, -0.2) is 13.4 Å². The fourth-order valence-corrected chi connectivity index (χ4v) is 5.34. The van der Waals surface area contributed by atoms with E-state index in [-0.39, 0.29) is 0 Å². The van der Waals surface area contributed by atoms with Gasteiger partial charge in [-0.2, -0.15) is 0 Å². The summed E-state index contributed by atoms with van der Waals surface area (Å²) in [5.74, 6) is 0.976. The third kappa shape index (κ3) is 4.21. The molecule has 0 atom stereocenters. The molecule has 0 fully saturated rings. The van der Waals surface area contributed by atoms with E-state index in [0.717, 1.165) is 39.1 Å². The Balaban J connectivity index is 1.60. The first kappa shape index (κ1) is 21.1. The summed E-state index contributed by atoms with van der Waals surface area (Å²) in [7, 11) is -1.67. The highest BCUT2D eigenvalue weighted by atomic mass is 32.2. The van der Waals surface area contributed by atoms with Crippen LogP contribution in [0.1, 0.15) is 28.1 Å². The Kier molecular flexibility index (Phi) is 5.58. The van der Waals surface area contributed by atoms with E-state index in [4.69, 9.17) is 4.98 Å². The molecule has 0 aliphatic carbocycles. The van der Waals surface area contributed by atoms with Crippen LogP contribution < -0.4 is 4.72 Å². The smallest absolute Gasteiger partial charge is 0.262 e. The predicted octanol–water partition coefficient (Wildman–Crippen LogP) is 5.08. The van der Waals surface area contributed by atoms with Crippen molar-refractivity contribution >= 4 is 26.7 Å². The second-order valence-corrected chi connectivity index (χ2v) is 9.69. The molecule has 0 aliphatic rings. The average Bonchev–Trinajstić information content (AvgIpc) is 3.05. The van der Waals surface area contributed by atoms with Crippen molar-refractivity contribution in [3.05, 3.63) is 88.7 Å². The number of hydrogen-bond donors (Lipinski definition) is 1. The number of fused-ring (bicyclic) bond motifs is 1. The molecule has 0 bridgehead atoms. The molecule has 4 aromatic rings. The minimum absolute atomic E-state index is 0.320. The van der Waals surface area contributed by atoms with Gasteiger partial charge in [0.15, 0.2) is 0 Å². The van der Waals surface area contributed by atoms with E-state index in [2.05, 4.69) is 15.4 Å². The topological polar surface area (TPSA) is 64.0 Å². The van der Waals surface area contributed by atoms with Crippen LogP contribution in [0.15, 0.2) is 65.6 Å². The summed E-state index contributed by atoms with van der Waals surface area (Å²) < 4.78 is 31.2. The van der Waals surface area contributed by atoms with Crippen molar-refractivity contribution in [2.45, 2.75) is 38.5 Å². The average molecular weight is 434 g/mol. The Labute approximate surface area is 183 Å². The third-order valence-electron chi connectivity index (χ3n) is 5.84. The molecule has 1 aromatic heterocycles. The molecule has 0 unspecified atom stereocenters. The van der Waals surface area contributed by atoms with Crippen LogP contribution in [-0.4, -0.2) is 18.0 Å². The summed E-state index contributed by atoms with van der Waals surface area (Å²) in [5.41, 5.74) is 6.41.